The summed E-state index contributed by atoms with van der Waals surface area (Å²) < 4.78 is 5.78. The highest BCUT2D eigenvalue weighted by Gasteiger charge is 2.08. The lowest BCUT2D eigenvalue weighted by Gasteiger charge is -2.16. The zero-order valence-corrected chi connectivity index (χ0v) is 12.8. The van der Waals surface area contributed by atoms with Gasteiger partial charge in [0.15, 0.2) is 0 Å². The van der Waals surface area contributed by atoms with Crippen LogP contribution >= 0.6 is 0 Å². The molecule has 1 unspecified atom stereocenters. The highest BCUT2D eigenvalue weighted by atomic mass is 16.5. The smallest absolute Gasteiger partial charge is 0.234 e. The first-order valence-corrected chi connectivity index (χ1v) is 7.04. The summed E-state index contributed by atoms with van der Waals surface area (Å²) in [6.07, 6.45) is 2.83. The lowest BCUT2D eigenvalue weighted by atomic mass is 10.1. The van der Waals surface area contributed by atoms with Crippen LogP contribution in [0, 0.1) is 5.92 Å². The molecule has 0 bridgehead atoms. The second-order valence-electron chi connectivity index (χ2n) is 5.37. The lowest BCUT2D eigenvalue weighted by molar-refractivity contribution is -0.120. The maximum atomic E-state index is 11.4. The van der Waals surface area contributed by atoms with Crippen molar-refractivity contribution in [2.75, 3.05) is 13.6 Å². The maximum Gasteiger partial charge on any atom is 0.234 e. The summed E-state index contributed by atoms with van der Waals surface area (Å²) in [7, 11) is 1.74. The van der Waals surface area contributed by atoms with E-state index >= 15 is 0 Å². The Bertz CT molecular complexity index is 421. The SMILES string of the molecule is CNCC(=O)NCc1ccnc(OC(C)CC(C)C)c1. The molecule has 1 aromatic rings. The van der Waals surface area contributed by atoms with Crippen LogP contribution in [0.2, 0.25) is 0 Å². The van der Waals surface area contributed by atoms with Gasteiger partial charge in [-0.2, -0.15) is 0 Å². The Morgan fingerprint density at radius 3 is 2.80 bits per heavy atom. The molecule has 0 aromatic carbocycles. The third kappa shape index (κ3) is 6.52. The highest BCUT2D eigenvalue weighted by Crippen LogP contribution is 2.14. The van der Waals surface area contributed by atoms with E-state index < -0.39 is 0 Å². The van der Waals surface area contributed by atoms with Gasteiger partial charge >= 0.3 is 0 Å². The Hall–Kier alpha value is -1.62. The number of carbonyl (C=O) groups excluding carboxylic acids is 1. The molecule has 1 rings (SSSR count). The molecular formula is C15H25N3O2. The Balaban J connectivity index is 2.50. The van der Waals surface area contributed by atoms with Crippen LogP contribution in [-0.2, 0) is 11.3 Å². The van der Waals surface area contributed by atoms with E-state index in [1.54, 1.807) is 13.2 Å². The Morgan fingerprint density at radius 2 is 2.15 bits per heavy atom. The minimum atomic E-state index is -0.0278. The van der Waals surface area contributed by atoms with Gasteiger partial charge in [-0.1, -0.05) is 13.8 Å². The number of likely N-dealkylation sites (N-methyl/N-ethyl adjacent to an activating group) is 1. The molecular weight excluding hydrogens is 254 g/mol. The molecule has 0 radical (unpaired) electrons. The molecule has 0 aliphatic heterocycles. The molecule has 5 nitrogen and oxygen atoms in total. The molecule has 0 saturated heterocycles. The summed E-state index contributed by atoms with van der Waals surface area (Å²) in [6.45, 7) is 7.18. The molecule has 1 atom stereocenters. The number of nitrogens with zero attached hydrogens (tertiary/aromatic N) is 1. The number of hydrogen-bond acceptors (Lipinski definition) is 4. The van der Waals surface area contributed by atoms with Crippen LogP contribution in [0.3, 0.4) is 0 Å². The minimum absolute atomic E-state index is 0.0278. The van der Waals surface area contributed by atoms with Crippen LogP contribution in [0.4, 0.5) is 0 Å². The standard InChI is InChI=1S/C15H25N3O2/c1-11(2)7-12(3)20-15-8-13(5-6-17-15)9-18-14(19)10-16-4/h5-6,8,11-12,16H,7,9-10H2,1-4H3,(H,18,19). The van der Waals surface area contributed by atoms with Gasteiger partial charge in [0, 0.05) is 18.8 Å². The van der Waals surface area contributed by atoms with Gasteiger partial charge in [0.25, 0.3) is 0 Å². The lowest BCUT2D eigenvalue weighted by Crippen LogP contribution is -2.31. The molecule has 0 spiro atoms. The van der Waals surface area contributed by atoms with Gasteiger partial charge in [-0.25, -0.2) is 4.98 Å². The molecule has 20 heavy (non-hydrogen) atoms. The van der Waals surface area contributed by atoms with E-state index in [1.807, 2.05) is 19.1 Å². The van der Waals surface area contributed by atoms with E-state index in [1.165, 1.54) is 0 Å². The molecule has 1 heterocycles. The number of rotatable bonds is 8. The van der Waals surface area contributed by atoms with Crippen LogP contribution in [0.25, 0.3) is 0 Å². The summed E-state index contributed by atoms with van der Waals surface area (Å²) in [5, 5.41) is 5.64. The first kappa shape index (κ1) is 16.4. The van der Waals surface area contributed by atoms with Crippen molar-refractivity contribution >= 4 is 5.91 Å². The van der Waals surface area contributed by atoms with Crippen molar-refractivity contribution in [1.29, 1.82) is 0 Å². The van der Waals surface area contributed by atoms with Crippen LogP contribution in [0.5, 0.6) is 5.88 Å². The van der Waals surface area contributed by atoms with Gasteiger partial charge in [-0.15, -0.1) is 0 Å². The van der Waals surface area contributed by atoms with Crippen LogP contribution in [0.15, 0.2) is 18.3 Å². The quantitative estimate of drug-likeness (QED) is 0.760. The van der Waals surface area contributed by atoms with E-state index in [9.17, 15) is 4.79 Å². The fourth-order valence-corrected chi connectivity index (χ4v) is 1.97. The first-order chi connectivity index (χ1) is 9.51. The Labute approximate surface area is 121 Å². The van der Waals surface area contributed by atoms with Gasteiger partial charge in [-0.05, 0) is 37.9 Å². The van der Waals surface area contributed by atoms with E-state index in [0.29, 0.717) is 24.9 Å². The van der Waals surface area contributed by atoms with Crippen molar-refractivity contribution in [3.05, 3.63) is 23.9 Å². The van der Waals surface area contributed by atoms with Gasteiger partial charge in [-0.3, -0.25) is 4.79 Å². The highest BCUT2D eigenvalue weighted by molar-refractivity contribution is 5.77. The molecule has 0 aliphatic rings. The van der Waals surface area contributed by atoms with Crippen molar-refractivity contribution in [1.82, 2.24) is 15.6 Å². The number of aromatic nitrogens is 1. The average molecular weight is 279 g/mol. The van der Waals surface area contributed by atoms with Crippen molar-refractivity contribution in [3.8, 4) is 5.88 Å². The van der Waals surface area contributed by atoms with Crippen molar-refractivity contribution < 1.29 is 9.53 Å². The summed E-state index contributed by atoms with van der Waals surface area (Å²) in [4.78, 5) is 15.6. The maximum absolute atomic E-state index is 11.4. The van der Waals surface area contributed by atoms with E-state index in [4.69, 9.17) is 4.74 Å². The van der Waals surface area contributed by atoms with Crippen LogP contribution in [0.1, 0.15) is 32.8 Å². The molecule has 5 heteroatoms. The molecule has 112 valence electrons. The summed E-state index contributed by atoms with van der Waals surface area (Å²) >= 11 is 0. The second-order valence-corrected chi connectivity index (χ2v) is 5.37. The fourth-order valence-electron chi connectivity index (χ4n) is 1.97. The summed E-state index contributed by atoms with van der Waals surface area (Å²) in [6, 6.07) is 3.75. The van der Waals surface area contributed by atoms with Crippen molar-refractivity contribution in [2.45, 2.75) is 39.8 Å². The third-order valence-corrected chi connectivity index (χ3v) is 2.75. The minimum Gasteiger partial charge on any atom is -0.475 e. The van der Waals surface area contributed by atoms with Crippen molar-refractivity contribution in [2.24, 2.45) is 5.92 Å². The summed E-state index contributed by atoms with van der Waals surface area (Å²) in [5.41, 5.74) is 0.983. The zero-order chi connectivity index (χ0) is 15.0. The molecule has 2 N–H and O–H groups in total. The Kier molecular flexibility index (Phi) is 7.01. The molecule has 0 aliphatic carbocycles. The van der Waals surface area contributed by atoms with Crippen molar-refractivity contribution in [3.63, 3.8) is 0 Å². The van der Waals surface area contributed by atoms with Crippen LogP contribution in [-0.4, -0.2) is 30.6 Å². The summed E-state index contributed by atoms with van der Waals surface area (Å²) in [5.74, 6) is 1.17. The largest absolute Gasteiger partial charge is 0.475 e. The normalized spacial score (nSPS) is 12.2. The van der Waals surface area contributed by atoms with Crippen LogP contribution < -0.4 is 15.4 Å². The molecule has 0 fully saturated rings. The van der Waals surface area contributed by atoms with Gasteiger partial charge < -0.3 is 15.4 Å². The predicted octanol–water partition coefficient (Wildman–Crippen LogP) is 1.73. The predicted molar refractivity (Wildman–Crippen MR) is 79.6 cm³/mol. The first-order valence-electron chi connectivity index (χ1n) is 7.04. The van der Waals surface area contributed by atoms with E-state index in [2.05, 4.69) is 29.5 Å². The number of hydrogen-bond donors (Lipinski definition) is 2. The van der Waals surface area contributed by atoms with Gasteiger partial charge in [0.2, 0.25) is 11.8 Å². The molecule has 0 saturated carbocycles. The number of ether oxygens (including phenoxy) is 1. The third-order valence-electron chi connectivity index (χ3n) is 2.75. The second kappa shape index (κ2) is 8.53. The van der Waals surface area contributed by atoms with Gasteiger partial charge in [0.05, 0.1) is 12.6 Å². The van der Waals surface area contributed by atoms with E-state index in [-0.39, 0.29) is 12.0 Å². The monoisotopic (exact) mass is 279 g/mol. The van der Waals surface area contributed by atoms with E-state index in [0.717, 1.165) is 12.0 Å². The molecule has 1 amide bonds. The number of carbonyl (C=O) groups is 1. The molecule has 1 aromatic heterocycles. The number of amides is 1. The Morgan fingerprint density at radius 1 is 1.40 bits per heavy atom. The fraction of sp³-hybridized carbons (Fsp3) is 0.600. The number of pyridine rings is 1. The topological polar surface area (TPSA) is 63.2 Å². The zero-order valence-electron chi connectivity index (χ0n) is 12.8. The number of nitrogens with one attached hydrogen (secondary N) is 2. The average Bonchev–Trinajstić information content (AvgIpc) is 2.36. The van der Waals surface area contributed by atoms with Gasteiger partial charge in [0.1, 0.15) is 0 Å².